The molecule has 0 saturated carbocycles. The lowest BCUT2D eigenvalue weighted by molar-refractivity contribution is -1.02. The van der Waals surface area contributed by atoms with E-state index in [1.54, 1.807) is 9.80 Å². The summed E-state index contributed by atoms with van der Waals surface area (Å²) in [6.45, 7) is 6.80. The Balaban J connectivity index is 1.55. The van der Waals surface area contributed by atoms with Gasteiger partial charge in [-0.05, 0) is 12.1 Å². The van der Waals surface area contributed by atoms with E-state index < -0.39 is 0 Å². The van der Waals surface area contributed by atoms with Crippen LogP contribution in [0.15, 0.2) is 24.3 Å². The van der Waals surface area contributed by atoms with Crippen LogP contribution in [0.4, 0.5) is 0 Å². The molecule has 0 spiro atoms. The zero-order chi connectivity index (χ0) is 13.8. The number of hydrogen-bond donors (Lipinski definition) is 2. The Bertz CT molecular complexity index is 575. The van der Waals surface area contributed by atoms with Crippen LogP contribution in [0, 0.1) is 11.3 Å². The second-order valence-electron chi connectivity index (χ2n) is 5.41. The molecule has 1 saturated heterocycles. The first-order valence-corrected chi connectivity index (χ1v) is 8.05. The lowest BCUT2D eigenvalue weighted by Crippen LogP contribution is -3.27. The van der Waals surface area contributed by atoms with Crippen LogP contribution < -0.4 is 9.80 Å². The maximum atomic E-state index is 8.64. The Hall–Kier alpha value is -1.48. The van der Waals surface area contributed by atoms with E-state index in [0.717, 1.165) is 18.6 Å². The van der Waals surface area contributed by atoms with E-state index in [9.17, 15) is 0 Å². The van der Waals surface area contributed by atoms with Crippen LogP contribution in [-0.4, -0.2) is 37.7 Å². The van der Waals surface area contributed by atoms with Crippen LogP contribution in [0.25, 0.3) is 10.2 Å². The number of nitrogens with one attached hydrogen (secondary N) is 2. The summed E-state index contributed by atoms with van der Waals surface area (Å²) >= 11 is 1.82. The summed E-state index contributed by atoms with van der Waals surface area (Å²) < 4.78 is 1.29. The molecule has 0 aliphatic carbocycles. The molecule has 2 heterocycles. The summed E-state index contributed by atoms with van der Waals surface area (Å²) in [5.74, 6) is 0. The van der Waals surface area contributed by atoms with Crippen LogP contribution in [-0.2, 0) is 6.54 Å². The predicted molar refractivity (Wildman–Crippen MR) is 79.8 cm³/mol. The lowest BCUT2D eigenvalue weighted by Gasteiger charge is -2.28. The van der Waals surface area contributed by atoms with Crippen LogP contribution >= 0.6 is 11.3 Å². The third-order valence-corrected chi connectivity index (χ3v) is 5.03. The molecule has 1 fully saturated rings. The average Bonchev–Trinajstić information content (AvgIpc) is 2.89. The number of aromatic nitrogens is 1. The second kappa shape index (κ2) is 6.31. The first kappa shape index (κ1) is 13.5. The molecule has 0 atom stereocenters. The number of para-hydroxylation sites is 1. The van der Waals surface area contributed by atoms with E-state index in [0.29, 0.717) is 6.42 Å². The Kier molecular flexibility index (Phi) is 4.26. The fourth-order valence-corrected chi connectivity index (χ4v) is 3.86. The van der Waals surface area contributed by atoms with Crippen molar-refractivity contribution in [3.63, 3.8) is 0 Å². The molecule has 5 heteroatoms. The molecule has 1 aromatic heterocycles. The molecule has 1 aliphatic rings. The van der Waals surface area contributed by atoms with Gasteiger partial charge in [-0.3, -0.25) is 0 Å². The van der Waals surface area contributed by atoms with Gasteiger partial charge in [0.1, 0.15) is 37.7 Å². The SMILES string of the molecule is N#CCC[NH+]1CC[NH+](Cc2nc3ccccc3s2)CC1. The van der Waals surface area contributed by atoms with Crippen LogP contribution in [0.2, 0.25) is 0 Å². The van der Waals surface area contributed by atoms with Gasteiger partial charge in [0.15, 0.2) is 0 Å². The minimum atomic E-state index is 0.683. The minimum absolute atomic E-state index is 0.683. The van der Waals surface area contributed by atoms with E-state index in [-0.39, 0.29) is 0 Å². The van der Waals surface area contributed by atoms with E-state index in [4.69, 9.17) is 10.2 Å². The van der Waals surface area contributed by atoms with Gasteiger partial charge in [0.05, 0.1) is 29.3 Å². The molecule has 0 unspecified atom stereocenters. The van der Waals surface area contributed by atoms with Crippen molar-refractivity contribution in [2.75, 3.05) is 32.7 Å². The highest BCUT2D eigenvalue weighted by atomic mass is 32.1. The van der Waals surface area contributed by atoms with Crippen LogP contribution in [0.1, 0.15) is 11.4 Å². The summed E-state index contributed by atoms with van der Waals surface area (Å²) in [5.41, 5.74) is 1.13. The molecular formula is C15H20N4S+2. The number of nitriles is 1. The van der Waals surface area contributed by atoms with Crippen molar-refractivity contribution in [1.29, 1.82) is 5.26 Å². The van der Waals surface area contributed by atoms with E-state index in [2.05, 4.69) is 30.3 Å². The third-order valence-electron chi connectivity index (χ3n) is 3.99. The summed E-state index contributed by atoms with van der Waals surface area (Å²) in [7, 11) is 0. The largest absolute Gasteiger partial charge is 0.325 e. The highest BCUT2D eigenvalue weighted by molar-refractivity contribution is 7.18. The van der Waals surface area contributed by atoms with Crippen molar-refractivity contribution in [3.8, 4) is 6.07 Å². The Morgan fingerprint density at radius 2 is 1.90 bits per heavy atom. The molecular weight excluding hydrogens is 268 g/mol. The van der Waals surface area contributed by atoms with Gasteiger partial charge in [0, 0.05) is 0 Å². The van der Waals surface area contributed by atoms with Gasteiger partial charge in [-0.15, -0.1) is 11.3 Å². The summed E-state index contributed by atoms with van der Waals surface area (Å²) in [5, 5.41) is 9.89. The normalized spacial score (nSPS) is 22.8. The fraction of sp³-hybridized carbons (Fsp3) is 0.467. The summed E-state index contributed by atoms with van der Waals surface area (Å²) in [6.07, 6.45) is 0.683. The third kappa shape index (κ3) is 3.15. The molecule has 0 amide bonds. The second-order valence-corrected chi connectivity index (χ2v) is 6.53. The standard InChI is InChI=1S/C15H18N4S/c16-6-3-7-18-8-10-19(11-9-18)12-15-17-13-4-1-2-5-14(13)20-15/h1-2,4-5H,3,7-12H2/p+2. The lowest BCUT2D eigenvalue weighted by atomic mass is 10.3. The number of piperazine rings is 1. The first-order valence-electron chi connectivity index (χ1n) is 7.23. The van der Waals surface area contributed by atoms with Gasteiger partial charge >= 0.3 is 0 Å². The first-order chi connectivity index (χ1) is 9.85. The number of hydrogen-bond acceptors (Lipinski definition) is 3. The van der Waals surface area contributed by atoms with Crippen molar-refractivity contribution >= 4 is 21.6 Å². The number of nitrogens with zero attached hydrogens (tertiary/aromatic N) is 2. The highest BCUT2D eigenvalue weighted by Gasteiger charge is 2.23. The van der Waals surface area contributed by atoms with Crippen molar-refractivity contribution in [3.05, 3.63) is 29.3 Å². The zero-order valence-corrected chi connectivity index (χ0v) is 12.4. The molecule has 0 bridgehead atoms. The van der Waals surface area contributed by atoms with E-state index >= 15 is 0 Å². The number of benzene rings is 1. The van der Waals surface area contributed by atoms with Gasteiger partial charge in [-0.1, -0.05) is 12.1 Å². The van der Waals surface area contributed by atoms with Crippen molar-refractivity contribution in [2.24, 2.45) is 0 Å². The van der Waals surface area contributed by atoms with Gasteiger partial charge in [-0.2, -0.15) is 5.26 Å². The zero-order valence-electron chi connectivity index (χ0n) is 11.6. The van der Waals surface area contributed by atoms with E-state index in [1.807, 2.05) is 11.3 Å². The smallest absolute Gasteiger partial charge is 0.148 e. The number of fused-ring (bicyclic) bond motifs is 1. The average molecular weight is 288 g/mol. The molecule has 1 aliphatic heterocycles. The van der Waals surface area contributed by atoms with E-state index in [1.165, 1.54) is 35.9 Å². The molecule has 3 rings (SSSR count). The molecule has 4 nitrogen and oxygen atoms in total. The minimum Gasteiger partial charge on any atom is -0.325 e. The topological polar surface area (TPSA) is 45.6 Å². The van der Waals surface area contributed by atoms with Gasteiger partial charge < -0.3 is 9.80 Å². The van der Waals surface area contributed by atoms with Gasteiger partial charge in [0.25, 0.3) is 0 Å². The highest BCUT2D eigenvalue weighted by Crippen LogP contribution is 2.20. The Morgan fingerprint density at radius 1 is 1.15 bits per heavy atom. The van der Waals surface area contributed by atoms with Crippen molar-refractivity contribution in [2.45, 2.75) is 13.0 Å². The number of quaternary nitrogens is 2. The Labute approximate surface area is 123 Å². The number of thiazole rings is 1. The van der Waals surface area contributed by atoms with Crippen molar-refractivity contribution in [1.82, 2.24) is 4.98 Å². The maximum Gasteiger partial charge on any atom is 0.148 e. The monoisotopic (exact) mass is 288 g/mol. The van der Waals surface area contributed by atoms with Crippen LogP contribution in [0.3, 0.4) is 0 Å². The summed E-state index contributed by atoms with van der Waals surface area (Å²) in [4.78, 5) is 7.94. The fourth-order valence-electron chi connectivity index (χ4n) is 2.83. The molecule has 2 N–H and O–H groups in total. The van der Waals surface area contributed by atoms with Crippen molar-refractivity contribution < 1.29 is 9.80 Å². The molecule has 0 radical (unpaired) electrons. The molecule has 2 aromatic rings. The molecule has 104 valence electrons. The Morgan fingerprint density at radius 3 is 2.65 bits per heavy atom. The van der Waals surface area contributed by atoms with Gasteiger partial charge in [0.2, 0.25) is 0 Å². The van der Waals surface area contributed by atoms with Crippen LogP contribution in [0.5, 0.6) is 0 Å². The maximum absolute atomic E-state index is 8.64. The predicted octanol–water partition coefficient (Wildman–Crippen LogP) is -0.507. The van der Waals surface area contributed by atoms with Gasteiger partial charge in [-0.25, -0.2) is 4.98 Å². The molecule has 1 aromatic carbocycles. The summed E-state index contributed by atoms with van der Waals surface area (Å²) in [6, 6.07) is 10.6. The quantitative estimate of drug-likeness (QED) is 0.796. The molecule has 20 heavy (non-hydrogen) atoms. The number of rotatable bonds is 4.